The van der Waals surface area contributed by atoms with Crippen LogP contribution in [0.25, 0.3) is 10.7 Å². The SMILES string of the molecule is COc1ccc(-c2ncc(Cl)s2)nc1Nc1ccc(N2CCN(C)CC2=O)cn1.Cl. The zero-order valence-electron chi connectivity index (χ0n) is 16.3. The molecule has 11 heteroatoms. The quantitative estimate of drug-likeness (QED) is 0.613. The normalized spacial score (nSPS) is 14.4. The minimum absolute atomic E-state index is 0. The molecule has 1 aliphatic rings. The Hall–Kier alpha value is -2.46. The van der Waals surface area contributed by atoms with Crippen molar-refractivity contribution in [3.05, 3.63) is 41.0 Å². The van der Waals surface area contributed by atoms with E-state index in [0.717, 1.165) is 17.2 Å². The molecule has 158 valence electrons. The van der Waals surface area contributed by atoms with Crippen LogP contribution in [0.5, 0.6) is 5.75 Å². The second-order valence-corrected chi connectivity index (χ2v) is 8.19. The molecule has 0 aromatic carbocycles. The van der Waals surface area contributed by atoms with Crippen molar-refractivity contribution in [1.29, 1.82) is 0 Å². The van der Waals surface area contributed by atoms with Gasteiger partial charge in [0.1, 0.15) is 20.9 Å². The van der Waals surface area contributed by atoms with Gasteiger partial charge in [-0.1, -0.05) is 11.6 Å². The first-order valence-corrected chi connectivity index (χ1v) is 10.1. The maximum Gasteiger partial charge on any atom is 0.241 e. The maximum atomic E-state index is 12.2. The molecule has 0 radical (unpaired) electrons. The number of aromatic nitrogens is 3. The average Bonchev–Trinajstić information content (AvgIpc) is 3.15. The highest BCUT2D eigenvalue weighted by molar-refractivity contribution is 7.18. The van der Waals surface area contributed by atoms with Gasteiger partial charge in [-0.3, -0.25) is 9.69 Å². The fourth-order valence-electron chi connectivity index (χ4n) is 3.00. The molecule has 30 heavy (non-hydrogen) atoms. The van der Waals surface area contributed by atoms with Crippen molar-refractivity contribution in [2.45, 2.75) is 0 Å². The molecule has 0 unspecified atom stereocenters. The van der Waals surface area contributed by atoms with Gasteiger partial charge >= 0.3 is 0 Å². The highest BCUT2D eigenvalue weighted by Crippen LogP contribution is 2.32. The van der Waals surface area contributed by atoms with Crippen LogP contribution in [0.15, 0.2) is 36.7 Å². The molecule has 1 amide bonds. The lowest BCUT2D eigenvalue weighted by Crippen LogP contribution is -2.48. The molecule has 8 nitrogen and oxygen atoms in total. The third-order valence-electron chi connectivity index (χ3n) is 4.49. The molecule has 1 fully saturated rings. The number of ether oxygens (including phenoxy) is 1. The maximum absolute atomic E-state index is 12.2. The van der Waals surface area contributed by atoms with Gasteiger partial charge in [-0.2, -0.15) is 0 Å². The number of methoxy groups -OCH3 is 1. The number of piperazine rings is 1. The molecule has 4 heterocycles. The van der Waals surface area contributed by atoms with E-state index in [0.29, 0.717) is 40.5 Å². The number of rotatable bonds is 5. The van der Waals surface area contributed by atoms with E-state index in [2.05, 4.69) is 20.3 Å². The smallest absolute Gasteiger partial charge is 0.241 e. The van der Waals surface area contributed by atoms with Gasteiger partial charge < -0.3 is 15.0 Å². The number of likely N-dealkylation sites (N-methyl/N-ethyl adjacent to an activating group) is 1. The van der Waals surface area contributed by atoms with E-state index in [1.165, 1.54) is 11.3 Å². The second-order valence-electron chi connectivity index (χ2n) is 6.53. The van der Waals surface area contributed by atoms with Gasteiger partial charge in [-0.25, -0.2) is 15.0 Å². The van der Waals surface area contributed by atoms with Crippen LogP contribution in [0.1, 0.15) is 0 Å². The zero-order valence-corrected chi connectivity index (χ0v) is 18.7. The van der Waals surface area contributed by atoms with Crippen LogP contribution in [0.3, 0.4) is 0 Å². The Kier molecular flexibility index (Phi) is 7.09. The fraction of sp³-hybridized carbons (Fsp3) is 0.263. The Morgan fingerprint density at radius 3 is 2.63 bits per heavy atom. The number of carbonyl (C=O) groups is 1. The van der Waals surface area contributed by atoms with Crippen molar-refractivity contribution in [3.63, 3.8) is 0 Å². The number of halogens is 2. The highest BCUT2D eigenvalue weighted by Gasteiger charge is 2.23. The molecular weight excluding hydrogens is 447 g/mol. The number of hydrogen-bond acceptors (Lipinski definition) is 8. The number of hydrogen-bond donors (Lipinski definition) is 1. The summed E-state index contributed by atoms with van der Waals surface area (Å²) in [6.07, 6.45) is 3.28. The number of amides is 1. The van der Waals surface area contributed by atoms with E-state index >= 15 is 0 Å². The molecule has 0 saturated carbocycles. The van der Waals surface area contributed by atoms with Crippen LogP contribution in [0.4, 0.5) is 17.3 Å². The summed E-state index contributed by atoms with van der Waals surface area (Å²) in [4.78, 5) is 29.3. The minimum Gasteiger partial charge on any atom is -0.493 e. The van der Waals surface area contributed by atoms with Crippen molar-refractivity contribution in [2.24, 2.45) is 0 Å². The van der Waals surface area contributed by atoms with Crippen molar-refractivity contribution in [1.82, 2.24) is 19.9 Å². The summed E-state index contributed by atoms with van der Waals surface area (Å²) in [6.45, 7) is 1.90. The highest BCUT2D eigenvalue weighted by atomic mass is 35.5. The van der Waals surface area contributed by atoms with Crippen molar-refractivity contribution in [2.75, 3.05) is 44.0 Å². The van der Waals surface area contributed by atoms with Gasteiger partial charge in [-0.15, -0.1) is 23.7 Å². The number of carbonyl (C=O) groups excluding carboxylic acids is 1. The molecule has 0 aliphatic carbocycles. The molecular formula is C19H20Cl2N6O2S. The fourth-order valence-corrected chi connectivity index (χ4v) is 3.88. The summed E-state index contributed by atoms with van der Waals surface area (Å²) in [7, 11) is 3.52. The van der Waals surface area contributed by atoms with E-state index in [1.807, 2.05) is 36.2 Å². The summed E-state index contributed by atoms with van der Waals surface area (Å²) in [5.74, 6) is 1.76. The zero-order chi connectivity index (χ0) is 20.4. The van der Waals surface area contributed by atoms with E-state index in [9.17, 15) is 4.79 Å². The molecule has 4 rings (SSSR count). The molecule has 0 spiro atoms. The Labute approximate surface area is 189 Å². The summed E-state index contributed by atoms with van der Waals surface area (Å²) in [5.41, 5.74) is 1.46. The molecule has 3 aromatic rings. The summed E-state index contributed by atoms with van der Waals surface area (Å²) in [5, 5.41) is 3.89. The van der Waals surface area contributed by atoms with Gasteiger partial charge in [0, 0.05) is 13.1 Å². The predicted molar refractivity (Wildman–Crippen MR) is 122 cm³/mol. The number of nitrogens with one attached hydrogen (secondary N) is 1. The number of pyridine rings is 2. The van der Waals surface area contributed by atoms with Crippen LogP contribution in [-0.4, -0.2) is 59.6 Å². The largest absolute Gasteiger partial charge is 0.493 e. The summed E-state index contributed by atoms with van der Waals surface area (Å²) in [6, 6.07) is 7.33. The Morgan fingerprint density at radius 1 is 1.17 bits per heavy atom. The van der Waals surface area contributed by atoms with Crippen LogP contribution in [0, 0.1) is 0 Å². The van der Waals surface area contributed by atoms with E-state index in [1.54, 1.807) is 24.4 Å². The van der Waals surface area contributed by atoms with E-state index in [-0.39, 0.29) is 18.3 Å². The monoisotopic (exact) mass is 466 g/mol. The van der Waals surface area contributed by atoms with E-state index < -0.39 is 0 Å². The lowest BCUT2D eigenvalue weighted by atomic mass is 10.2. The van der Waals surface area contributed by atoms with Gasteiger partial charge in [0.25, 0.3) is 0 Å². The number of nitrogens with zero attached hydrogens (tertiary/aromatic N) is 5. The molecule has 1 N–H and O–H groups in total. The standard InChI is InChI=1S/C19H19ClN6O2S.ClH/c1-25-7-8-26(17(27)11-25)12-3-6-16(21-9-12)24-18-14(28-2)5-4-13(23-18)19-22-10-15(20)29-19;/h3-6,9-10H,7-8,11H2,1-2H3,(H,21,23,24);1H. The second kappa shape index (κ2) is 9.57. The summed E-state index contributed by atoms with van der Waals surface area (Å²) >= 11 is 7.34. The average molecular weight is 467 g/mol. The molecule has 1 aliphatic heterocycles. The lowest BCUT2D eigenvalue weighted by Gasteiger charge is -2.31. The third-order valence-corrected chi connectivity index (χ3v) is 5.63. The first-order chi connectivity index (χ1) is 14.0. The van der Waals surface area contributed by atoms with Gasteiger partial charge in [-0.05, 0) is 31.3 Å². The van der Waals surface area contributed by atoms with Crippen molar-refractivity contribution in [3.8, 4) is 16.5 Å². The number of anilines is 3. The van der Waals surface area contributed by atoms with Crippen LogP contribution in [0.2, 0.25) is 4.34 Å². The topological polar surface area (TPSA) is 83.5 Å². The van der Waals surface area contributed by atoms with Crippen molar-refractivity contribution >= 4 is 58.6 Å². The minimum atomic E-state index is 0. The number of thiazole rings is 1. The Balaban J connectivity index is 0.00000256. The molecule has 1 saturated heterocycles. The molecule has 0 bridgehead atoms. The van der Waals surface area contributed by atoms with Crippen LogP contribution < -0.4 is 15.0 Å². The van der Waals surface area contributed by atoms with Crippen molar-refractivity contribution < 1.29 is 9.53 Å². The predicted octanol–water partition coefficient (Wildman–Crippen LogP) is 3.71. The van der Waals surface area contributed by atoms with Gasteiger partial charge in [0.05, 0.1) is 31.7 Å². The van der Waals surface area contributed by atoms with Crippen LogP contribution >= 0.6 is 35.3 Å². The Bertz CT molecular complexity index is 1030. The van der Waals surface area contributed by atoms with Gasteiger partial charge in [0.15, 0.2) is 11.6 Å². The Morgan fingerprint density at radius 2 is 2.00 bits per heavy atom. The lowest BCUT2D eigenvalue weighted by molar-refractivity contribution is -0.120. The molecule has 3 aromatic heterocycles. The first-order valence-electron chi connectivity index (χ1n) is 8.92. The molecule has 0 atom stereocenters. The third kappa shape index (κ3) is 4.81. The van der Waals surface area contributed by atoms with Crippen LogP contribution in [-0.2, 0) is 4.79 Å². The first kappa shape index (κ1) is 22.2. The van der Waals surface area contributed by atoms with Gasteiger partial charge in [0.2, 0.25) is 5.91 Å². The summed E-state index contributed by atoms with van der Waals surface area (Å²) < 4.78 is 6.00. The van der Waals surface area contributed by atoms with E-state index in [4.69, 9.17) is 16.3 Å².